The minimum atomic E-state index is -0.122. The number of likely N-dealkylation sites (tertiary alicyclic amines) is 1. The number of nitrogens with zero attached hydrogens (tertiary/aromatic N) is 3. The van der Waals surface area contributed by atoms with Crippen LogP contribution in [0.3, 0.4) is 0 Å². The highest BCUT2D eigenvalue weighted by molar-refractivity contribution is 5.85. The van der Waals surface area contributed by atoms with Gasteiger partial charge in [-0.25, -0.2) is 4.79 Å². The normalized spacial score (nSPS) is 20.4. The summed E-state index contributed by atoms with van der Waals surface area (Å²) in [5.41, 5.74) is 7.37. The summed E-state index contributed by atoms with van der Waals surface area (Å²) in [4.78, 5) is 27.0. The molecule has 1 aromatic heterocycles. The molecule has 24 heavy (non-hydrogen) atoms. The molecule has 2 N–H and O–H groups in total. The molecule has 1 aliphatic heterocycles. The van der Waals surface area contributed by atoms with E-state index < -0.39 is 0 Å². The number of halogens is 1. The quantitative estimate of drug-likeness (QED) is 0.905. The highest BCUT2D eigenvalue weighted by atomic mass is 35.5. The number of para-hydroxylation sites is 2. The van der Waals surface area contributed by atoms with Crippen LogP contribution in [0.25, 0.3) is 11.0 Å². The molecule has 1 unspecified atom stereocenters. The second-order valence-corrected chi connectivity index (χ2v) is 6.68. The van der Waals surface area contributed by atoms with Crippen LogP contribution in [0.2, 0.25) is 0 Å². The van der Waals surface area contributed by atoms with Crippen molar-refractivity contribution < 1.29 is 4.79 Å². The number of nitrogens with two attached hydrogens (primary N) is 1. The fourth-order valence-electron chi connectivity index (χ4n) is 3.37. The Morgan fingerprint density at radius 2 is 1.88 bits per heavy atom. The Balaban J connectivity index is 0.00000208. The number of imidazole rings is 1. The largest absolute Gasteiger partial charge is 0.341 e. The van der Waals surface area contributed by atoms with Crippen molar-refractivity contribution in [1.29, 1.82) is 0 Å². The number of amides is 1. The Labute approximate surface area is 147 Å². The minimum Gasteiger partial charge on any atom is -0.341 e. The lowest BCUT2D eigenvalue weighted by atomic mass is 9.90. The van der Waals surface area contributed by atoms with Crippen molar-refractivity contribution in [3.63, 3.8) is 0 Å². The first-order chi connectivity index (χ1) is 11.0. The summed E-state index contributed by atoms with van der Waals surface area (Å²) in [5, 5.41) is 0. The Morgan fingerprint density at radius 1 is 1.25 bits per heavy atom. The number of hydrogen-bond donors (Lipinski definition) is 1. The van der Waals surface area contributed by atoms with E-state index in [-0.39, 0.29) is 36.0 Å². The van der Waals surface area contributed by atoms with E-state index >= 15 is 0 Å². The molecular formula is C17H25ClN4O2. The van der Waals surface area contributed by atoms with E-state index in [0.717, 1.165) is 17.5 Å². The first-order valence-corrected chi connectivity index (χ1v) is 8.15. The second-order valence-electron chi connectivity index (χ2n) is 6.68. The molecule has 1 fully saturated rings. The average Bonchev–Trinajstić information content (AvgIpc) is 3.08. The zero-order valence-electron chi connectivity index (χ0n) is 14.2. The molecule has 1 atom stereocenters. The van der Waals surface area contributed by atoms with Crippen molar-refractivity contribution >= 4 is 29.3 Å². The number of carbonyl (C=O) groups excluding carboxylic acids is 1. The second kappa shape index (κ2) is 6.99. The van der Waals surface area contributed by atoms with Gasteiger partial charge in [-0.15, -0.1) is 12.4 Å². The van der Waals surface area contributed by atoms with Crippen LogP contribution >= 0.6 is 12.4 Å². The minimum absolute atomic E-state index is 0. The van der Waals surface area contributed by atoms with Crippen LogP contribution in [-0.2, 0) is 17.9 Å². The fraction of sp³-hybridized carbons (Fsp3) is 0.529. The molecular weight excluding hydrogens is 328 g/mol. The Kier molecular flexibility index (Phi) is 5.40. The highest BCUT2D eigenvalue weighted by Crippen LogP contribution is 2.28. The van der Waals surface area contributed by atoms with Crippen molar-refractivity contribution in [3.05, 3.63) is 34.7 Å². The van der Waals surface area contributed by atoms with E-state index in [1.54, 1.807) is 9.13 Å². The van der Waals surface area contributed by atoms with E-state index in [9.17, 15) is 9.59 Å². The molecule has 7 heteroatoms. The lowest BCUT2D eigenvalue weighted by Crippen LogP contribution is -2.38. The van der Waals surface area contributed by atoms with E-state index in [4.69, 9.17) is 5.73 Å². The van der Waals surface area contributed by atoms with Gasteiger partial charge >= 0.3 is 5.69 Å². The molecule has 132 valence electrons. The molecule has 3 rings (SSSR count). The number of fused-ring (bicyclic) bond motifs is 1. The van der Waals surface area contributed by atoms with Gasteiger partial charge in [0.05, 0.1) is 11.0 Å². The summed E-state index contributed by atoms with van der Waals surface area (Å²) in [6, 6.07) is 7.62. The smallest absolute Gasteiger partial charge is 0.329 e. The predicted molar refractivity (Wildman–Crippen MR) is 97.5 cm³/mol. The zero-order chi connectivity index (χ0) is 16.6. The van der Waals surface area contributed by atoms with Crippen molar-refractivity contribution in [2.45, 2.75) is 33.4 Å². The van der Waals surface area contributed by atoms with Gasteiger partial charge < -0.3 is 10.6 Å². The van der Waals surface area contributed by atoms with Gasteiger partial charge in [-0.1, -0.05) is 19.1 Å². The summed E-state index contributed by atoms with van der Waals surface area (Å²) in [5.74, 6) is -0.0109. The molecule has 0 aliphatic carbocycles. The third-order valence-corrected chi connectivity index (χ3v) is 4.94. The van der Waals surface area contributed by atoms with Gasteiger partial charge in [-0.2, -0.15) is 0 Å². The topological polar surface area (TPSA) is 73.3 Å². The number of aromatic nitrogens is 2. The maximum Gasteiger partial charge on any atom is 0.329 e. The molecule has 0 radical (unpaired) electrons. The van der Waals surface area contributed by atoms with Crippen LogP contribution in [0.4, 0.5) is 0 Å². The molecule has 1 amide bonds. The zero-order valence-corrected chi connectivity index (χ0v) is 15.0. The fourth-order valence-corrected chi connectivity index (χ4v) is 3.37. The van der Waals surface area contributed by atoms with Gasteiger partial charge in [-0.3, -0.25) is 13.9 Å². The number of aryl methyl sites for hydroxylation is 1. The summed E-state index contributed by atoms with van der Waals surface area (Å²) in [6.07, 6.45) is 0.918. The summed E-state index contributed by atoms with van der Waals surface area (Å²) >= 11 is 0. The van der Waals surface area contributed by atoms with Crippen LogP contribution in [0.5, 0.6) is 0 Å². The molecule has 2 aromatic rings. The van der Waals surface area contributed by atoms with E-state index in [1.807, 2.05) is 36.1 Å². The lowest BCUT2D eigenvalue weighted by molar-refractivity contribution is -0.131. The molecule has 0 saturated carbocycles. The van der Waals surface area contributed by atoms with Gasteiger partial charge in [0.15, 0.2) is 0 Å². The third kappa shape index (κ3) is 3.08. The van der Waals surface area contributed by atoms with Gasteiger partial charge in [0.1, 0.15) is 6.54 Å². The maximum absolute atomic E-state index is 12.6. The molecule has 0 bridgehead atoms. The molecule has 1 aromatic carbocycles. The van der Waals surface area contributed by atoms with Crippen molar-refractivity contribution in [2.75, 3.05) is 19.6 Å². The van der Waals surface area contributed by atoms with E-state index in [2.05, 4.69) is 6.92 Å². The number of rotatable bonds is 4. The van der Waals surface area contributed by atoms with Crippen LogP contribution < -0.4 is 11.4 Å². The van der Waals surface area contributed by atoms with E-state index in [1.165, 1.54) is 0 Å². The first-order valence-electron chi connectivity index (χ1n) is 8.15. The van der Waals surface area contributed by atoms with Crippen LogP contribution in [-0.4, -0.2) is 39.6 Å². The predicted octanol–water partition coefficient (Wildman–Crippen LogP) is 1.44. The summed E-state index contributed by atoms with van der Waals surface area (Å²) in [6.45, 7) is 6.69. The molecule has 1 saturated heterocycles. The third-order valence-electron chi connectivity index (χ3n) is 4.94. The summed E-state index contributed by atoms with van der Waals surface area (Å²) in [7, 11) is 0. The molecule has 2 heterocycles. The van der Waals surface area contributed by atoms with Gasteiger partial charge in [0.25, 0.3) is 0 Å². The average molecular weight is 353 g/mol. The van der Waals surface area contributed by atoms with Crippen LogP contribution in [0.1, 0.15) is 20.3 Å². The van der Waals surface area contributed by atoms with Gasteiger partial charge in [0.2, 0.25) is 5.91 Å². The van der Waals surface area contributed by atoms with Crippen LogP contribution in [0, 0.1) is 5.41 Å². The lowest BCUT2D eigenvalue weighted by Gasteiger charge is -2.22. The Morgan fingerprint density at radius 3 is 2.42 bits per heavy atom. The van der Waals surface area contributed by atoms with Crippen LogP contribution in [0.15, 0.2) is 29.1 Å². The number of carbonyl (C=O) groups is 1. The van der Waals surface area contributed by atoms with Gasteiger partial charge in [-0.05, 0) is 37.4 Å². The number of benzene rings is 1. The highest BCUT2D eigenvalue weighted by Gasteiger charge is 2.35. The van der Waals surface area contributed by atoms with Gasteiger partial charge in [0, 0.05) is 19.6 Å². The SMILES string of the molecule is CCn1c(=O)n(CC(=O)N2CCC(C)(CN)C2)c2ccccc21.Cl. The Bertz CT molecular complexity index is 797. The number of hydrogen-bond acceptors (Lipinski definition) is 3. The van der Waals surface area contributed by atoms with Crippen molar-refractivity contribution in [1.82, 2.24) is 14.0 Å². The summed E-state index contributed by atoms with van der Waals surface area (Å²) < 4.78 is 3.29. The molecule has 6 nitrogen and oxygen atoms in total. The molecule has 1 aliphatic rings. The monoisotopic (exact) mass is 352 g/mol. The molecule has 0 spiro atoms. The standard InChI is InChI=1S/C17H24N4O2.ClH/c1-3-20-13-6-4-5-7-14(13)21(16(20)23)10-15(22)19-9-8-17(2,11-18)12-19;/h4-7H,3,8-12,18H2,1-2H3;1H. The van der Waals surface area contributed by atoms with Crippen molar-refractivity contribution in [3.8, 4) is 0 Å². The maximum atomic E-state index is 12.6. The van der Waals surface area contributed by atoms with E-state index in [0.29, 0.717) is 26.2 Å². The first kappa shape index (κ1) is 18.5. The Hall–Kier alpha value is -1.79. The van der Waals surface area contributed by atoms with Crippen molar-refractivity contribution in [2.24, 2.45) is 11.1 Å².